The number of hydrogen-bond donors (Lipinski definition) is 3. The second-order valence-corrected chi connectivity index (χ2v) is 8.12. The van der Waals surface area contributed by atoms with Gasteiger partial charge in [0, 0.05) is 5.69 Å². The van der Waals surface area contributed by atoms with Crippen molar-refractivity contribution in [1.29, 1.82) is 0 Å². The summed E-state index contributed by atoms with van der Waals surface area (Å²) >= 11 is 0. The minimum Gasteiger partial charge on any atom is -0.444 e. The number of nitrogens with two attached hydrogens (primary N) is 1. The molecular weight excluding hydrogens is 443 g/mol. The van der Waals surface area contributed by atoms with E-state index >= 15 is 0 Å². The molecular formula is C19H33IN4O2. The molecule has 0 atom stereocenters. The fraction of sp³-hybridized carbons (Fsp3) is 0.579. The van der Waals surface area contributed by atoms with Crippen LogP contribution in [0, 0.1) is 0 Å². The van der Waals surface area contributed by atoms with Crippen molar-refractivity contribution in [3.05, 3.63) is 29.8 Å². The summed E-state index contributed by atoms with van der Waals surface area (Å²) in [5, 5.41) is 5.89. The molecule has 6 nitrogen and oxygen atoms in total. The standard InChI is InChI=1S/C19H32N4O2.HI/c1-13(2)14-9-8-10-15(11-14)22-16(20)21-12-19(6,7)23-17(24)25-18(3,4)5;/h8-11,13H,12H2,1-7H3,(H,23,24)(H3,20,21,22);1H. The summed E-state index contributed by atoms with van der Waals surface area (Å²) < 4.78 is 5.27. The van der Waals surface area contributed by atoms with Crippen LogP contribution in [0.25, 0.3) is 0 Å². The van der Waals surface area contributed by atoms with Crippen LogP contribution in [0.15, 0.2) is 29.3 Å². The zero-order valence-corrected chi connectivity index (χ0v) is 19.2. The minimum absolute atomic E-state index is 0. The first-order chi connectivity index (χ1) is 11.4. The van der Waals surface area contributed by atoms with Gasteiger partial charge in [0.1, 0.15) is 5.60 Å². The van der Waals surface area contributed by atoms with Gasteiger partial charge in [0.05, 0.1) is 12.1 Å². The number of nitrogens with zero attached hydrogens (tertiary/aromatic N) is 1. The maximum Gasteiger partial charge on any atom is 0.408 e. The third kappa shape index (κ3) is 9.84. The van der Waals surface area contributed by atoms with Gasteiger partial charge in [-0.25, -0.2) is 4.79 Å². The van der Waals surface area contributed by atoms with Gasteiger partial charge in [-0.15, -0.1) is 24.0 Å². The van der Waals surface area contributed by atoms with Gasteiger partial charge >= 0.3 is 6.09 Å². The van der Waals surface area contributed by atoms with Gasteiger partial charge in [-0.05, 0) is 58.2 Å². The molecule has 0 bridgehead atoms. The Hall–Kier alpha value is -1.51. The number of aliphatic imine (C=N–C) groups is 1. The van der Waals surface area contributed by atoms with Gasteiger partial charge < -0.3 is 21.1 Å². The fourth-order valence-electron chi connectivity index (χ4n) is 2.07. The SMILES string of the molecule is CC(C)c1cccc(NC(N)=NCC(C)(C)NC(=O)OC(C)(C)C)c1.I. The third-order valence-electron chi connectivity index (χ3n) is 3.31. The monoisotopic (exact) mass is 476 g/mol. The Morgan fingerprint density at radius 3 is 2.38 bits per heavy atom. The minimum atomic E-state index is -0.575. The van der Waals surface area contributed by atoms with Gasteiger partial charge in [0.25, 0.3) is 0 Å². The van der Waals surface area contributed by atoms with Crippen LogP contribution in [-0.4, -0.2) is 29.7 Å². The molecule has 0 aliphatic rings. The van der Waals surface area contributed by atoms with E-state index in [0.29, 0.717) is 18.4 Å². The molecule has 0 saturated carbocycles. The van der Waals surface area contributed by atoms with Crippen LogP contribution in [0.4, 0.5) is 10.5 Å². The van der Waals surface area contributed by atoms with Crippen molar-refractivity contribution in [1.82, 2.24) is 5.32 Å². The van der Waals surface area contributed by atoms with Crippen molar-refractivity contribution in [3.8, 4) is 0 Å². The number of hydrogen-bond acceptors (Lipinski definition) is 3. The van der Waals surface area contributed by atoms with Crippen molar-refractivity contribution in [2.45, 2.75) is 65.5 Å². The van der Waals surface area contributed by atoms with Crippen LogP contribution in [0.1, 0.15) is 59.9 Å². The summed E-state index contributed by atoms with van der Waals surface area (Å²) in [5.41, 5.74) is 6.98. The van der Waals surface area contributed by atoms with E-state index in [2.05, 4.69) is 41.6 Å². The number of benzene rings is 1. The van der Waals surface area contributed by atoms with E-state index in [0.717, 1.165) is 5.69 Å². The average Bonchev–Trinajstić information content (AvgIpc) is 2.43. The summed E-state index contributed by atoms with van der Waals surface area (Å²) in [5.74, 6) is 0.747. The van der Waals surface area contributed by atoms with E-state index in [1.54, 1.807) is 0 Å². The van der Waals surface area contributed by atoms with Crippen LogP contribution in [0.5, 0.6) is 0 Å². The molecule has 0 aliphatic carbocycles. The molecule has 0 heterocycles. The number of guanidine groups is 1. The smallest absolute Gasteiger partial charge is 0.408 e. The van der Waals surface area contributed by atoms with Crippen LogP contribution in [0.2, 0.25) is 0 Å². The second-order valence-electron chi connectivity index (χ2n) is 8.12. The number of carbonyl (C=O) groups is 1. The topological polar surface area (TPSA) is 88.7 Å². The number of ether oxygens (including phenoxy) is 1. The van der Waals surface area contributed by atoms with Gasteiger partial charge in [0.2, 0.25) is 0 Å². The van der Waals surface area contributed by atoms with Gasteiger partial charge in [0.15, 0.2) is 5.96 Å². The Bertz CT molecular complexity index is 622. The summed E-state index contributed by atoms with van der Waals surface area (Å²) in [6.45, 7) is 13.8. The molecule has 0 unspecified atom stereocenters. The first-order valence-corrected chi connectivity index (χ1v) is 8.56. The molecule has 1 aromatic carbocycles. The highest BCUT2D eigenvalue weighted by molar-refractivity contribution is 14.0. The van der Waals surface area contributed by atoms with E-state index in [-0.39, 0.29) is 24.0 Å². The van der Waals surface area contributed by atoms with E-state index in [1.165, 1.54) is 5.56 Å². The molecule has 26 heavy (non-hydrogen) atoms. The van der Waals surface area contributed by atoms with Crippen LogP contribution < -0.4 is 16.4 Å². The number of nitrogens with one attached hydrogen (secondary N) is 2. The molecule has 0 saturated heterocycles. The Kier molecular flexibility index (Phi) is 9.41. The zero-order chi connectivity index (χ0) is 19.3. The summed E-state index contributed by atoms with van der Waals surface area (Å²) in [7, 11) is 0. The van der Waals surface area contributed by atoms with Crippen molar-refractivity contribution in [3.63, 3.8) is 0 Å². The Labute approximate surface area is 174 Å². The third-order valence-corrected chi connectivity index (χ3v) is 3.31. The van der Waals surface area contributed by atoms with Crippen molar-refractivity contribution in [2.75, 3.05) is 11.9 Å². The maximum atomic E-state index is 11.9. The normalized spacial score (nSPS) is 12.4. The van der Waals surface area contributed by atoms with Crippen molar-refractivity contribution >= 4 is 41.7 Å². The van der Waals surface area contributed by atoms with Crippen LogP contribution in [-0.2, 0) is 4.74 Å². The lowest BCUT2D eigenvalue weighted by molar-refractivity contribution is 0.0476. The summed E-state index contributed by atoms with van der Waals surface area (Å²) in [4.78, 5) is 16.2. The Morgan fingerprint density at radius 2 is 1.85 bits per heavy atom. The lowest BCUT2D eigenvalue weighted by Crippen LogP contribution is -2.48. The largest absolute Gasteiger partial charge is 0.444 e. The lowest BCUT2D eigenvalue weighted by atomic mass is 10.0. The number of carbonyl (C=O) groups excluding carboxylic acids is 1. The highest BCUT2D eigenvalue weighted by atomic mass is 127. The highest BCUT2D eigenvalue weighted by Gasteiger charge is 2.24. The summed E-state index contributed by atoms with van der Waals surface area (Å²) in [6, 6.07) is 8.06. The van der Waals surface area contributed by atoms with Gasteiger partial charge in [-0.3, -0.25) is 4.99 Å². The summed E-state index contributed by atoms with van der Waals surface area (Å²) in [6.07, 6.45) is -0.469. The van der Waals surface area contributed by atoms with Crippen molar-refractivity contribution in [2.24, 2.45) is 10.7 Å². The van der Waals surface area contributed by atoms with E-state index in [9.17, 15) is 4.79 Å². The van der Waals surface area contributed by atoms with Gasteiger partial charge in [-0.2, -0.15) is 0 Å². The molecule has 1 aromatic rings. The predicted octanol–water partition coefficient (Wildman–Crippen LogP) is 4.46. The molecule has 0 aromatic heterocycles. The zero-order valence-electron chi connectivity index (χ0n) is 16.8. The fourth-order valence-corrected chi connectivity index (χ4v) is 2.07. The molecule has 0 spiro atoms. The first kappa shape index (κ1) is 24.5. The molecule has 4 N–H and O–H groups in total. The number of rotatable bonds is 5. The number of alkyl carbamates (subject to hydrolysis) is 1. The number of amides is 1. The van der Waals surface area contributed by atoms with E-state index < -0.39 is 17.2 Å². The number of anilines is 1. The molecule has 0 radical (unpaired) electrons. The van der Waals surface area contributed by atoms with Crippen LogP contribution in [0.3, 0.4) is 0 Å². The molecule has 0 aliphatic heterocycles. The molecule has 7 heteroatoms. The highest BCUT2D eigenvalue weighted by Crippen LogP contribution is 2.18. The predicted molar refractivity (Wildman–Crippen MR) is 120 cm³/mol. The lowest BCUT2D eigenvalue weighted by Gasteiger charge is -2.27. The van der Waals surface area contributed by atoms with Gasteiger partial charge in [-0.1, -0.05) is 26.0 Å². The second kappa shape index (κ2) is 9.99. The quantitative estimate of drug-likeness (QED) is 0.333. The molecule has 148 valence electrons. The molecule has 1 rings (SSSR count). The molecule has 1 amide bonds. The Morgan fingerprint density at radius 1 is 1.23 bits per heavy atom. The van der Waals surface area contributed by atoms with E-state index in [4.69, 9.17) is 10.5 Å². The van der Waals surface area contributed by atoms with E-state index in [1.807, 2.05) is 46.8 Å². The Balaban J connectivity index is 0.00000625. The number of halogens is 1. The molecule has 0 fully saturated rings. The average molecular weight is 476 g/mol. The van der Waals surface area contributed by atoms with Crippen molar-refractivity contribution < 1.29 is 9.53 Å². The maximum absolute atomic E-state index is 11.9. The van der Waals surface area contributed by atoms with Crippen LogP contribution >= 0.6 is 24.0 Å². The first-order valence-electron chi connectivity index (χ1n) is 8.56.